The van der Waals surface area contributed by atoms with Crippen LogP contribution in [-0.2, 0) is 33.5 Å². The van der Waals surface area contributed by atoms with Gasteiger partial charge in [-0.25, -0.2) is 0 Å². The molecule has 0 bridgehead atoms. The quantitative estimate of drug-likeness (QED) is 0.462. The van der Waals surface area contributed by atoms with Crippen molar-refractivity contribution in [3.8, 4) is 11.5 Å². The number of methoxy groups -OCH3 is 1. The van der Waals surface area contributed by atoms with Gasteiger partial charge < -0.3 is 19.1 Å². The summed E-state index contributed by atoms with van der Waals surface area (Å²) in [5.41, 5.74) is 2.11. The number of rotatable bonds is 7. The first-order valence-electron chi connectivity index (χ1n) is 13.4. The summed E-state index contributed by atoms with van der Waals surface area (Å²) in [5.74, 6) is 0.905. The Hall–Kier alpha value is -3.27. The van der Waals surface area contributed by atoms with Crippen molar-refractivity contribution in [3.63, 3.8) is 0 Å². The Bertz CT molecular complexity index is 1240. The van der Waals surface area contributed by atoms with E-state index in [4.69, 9.17) is 14.2 Å². The van der Waals surface area contributed by atoms with Crippen molar-refractivity contribution in [1.82, 2.24) is 9.80 Å². The molecule has 39 heavy (non-hydrogen) atoms. The summed E-state index contributed by atoms with van der Waals surface area (Å²) in [5, 5.41) is 0. The highest BCUT2D eigenvalue weighted by atomic mass is 19.4. The normalized spacial score (nSPS) is 20.8. The minimum Gasteiger partial charge on any atom is -0.492 e. The zero-order chi connectivity index (χ0) is 27.7. The fraction of sp³-hybridized carbons (Fsp3) is 0.517. The predicted octanol–water partition coefficient (Wildman–Crippen LogP) is 4.87. The van der Waals surface area contributed by atoms with E-state index in [1.807, 2.05) is 24.0 Å². The van der Waals surface area contributed by atoms with Crippen LogP contribution in [-0.4, -0.2) is 61.6 Å². The minimum absolute atomic E-state index is 0.0714. The number of carbonyl (C=O) groups excluding carboxylic acids is 2. The maximum Gasteiger partial charge on any atom is 0.416 e. The van der Waals surface area contributed by atoms with Crippen LogP contribution in [0.5, 0.6) is 11.5 Å². The molecule has 0 spiro atoms. The molecule has 0 radical (unpaired) electrons. The fourth-order valence-electron chi connectivity index (χ4n) is 5.86. The Morgan fingerprint density at radius 3 is 2.51 bits per heavy atom. The smallest absolute Gasteiger partial charge is 0.416 e. The number of halogens is 3. The van der Waals surface area contributed by atoms with Crippen molar-refractivity contribution in [2.45, 2.75) is 57.3 Å². The van der Waals surface area contributed by atoms with Crippen molar-refractivity contribution in [1.29, 1.82) is 0 Å². The van der Waals surface area contributed by atoms with Crippen LogP contribution < -0.4 is 9.47 Å². The maximum absolute atomic E-state index is 14.0. The van der Waals surface area contributed by atoms with E-state index in [0.29, 0.717) is 74.7 Å². The lowest BCUT2D eigenvalue weighted by Crippen LogP contribution is -2.48. The van der Waals surface area contributed by atoms with E-state index in [-0.39, 0.29) is 36.9 Å². The zero-order valence-corrected chi connectivity index (χ0v) is 22.2. The van der Waals surface area contributed by atoms with Crippen LogP contribution in [0.4, 0.5) is 13.2 Å². The molecule has 1 fully saturated rings. The number of esters is 1. The third kappa shape index (κ3) is 5.71. The third-order valence-electron chi connectivity index (χ3n) is 7.97. The Kier molecular flexibility index (Phi) is 7.75. The van der Waals surface area contributed by atoms with Gasteiger partial charge in [-0.2, -0.15) is 13.2 Å². The van der Waals surface area contributed by atoms with Crippen molar-refractivity contribution < 1.29 is 37.0 Å². The molecule has 0 aromatic heterocycles. The average Bonchev–Trinajstić information content (AvgIpc) is 3.52. The molecule has 0 unspecified atom stereocenters. The Morgan fingerprint density at radius 1 is 1.08 bits per heavy atom. The lowest BCUT2D eigenvalue weighted by atomic mass is 9.96. The summed E-state index contributed by atoms with van der Waals surface area (Å²) < 4.78 is 59.0. The molecule has 5 rings (SSSR count). The second-order valence-electron chi connectivity index (χ2n) is 10.3. The van der Waals surface area contributed by atoms with E-state index in [0.717, 1.165) is 11.1 Å². The lowest BCUT2D eigenvalue weighted by Gasteiger charge is -2.35. The highest BCUT2D eigenvalue weighted by Crippen LogP contribution is 2.44. The van der Waals surface area contributed by atoms with Crippen LogP contribution >= 0.6 is 0 Å². The van der Waals surface area contributed by atoms with Gasteiger partial charge in [-0.05, 0) is 41.7 Å². The standard InChI is InChI=1S/C29H33F3N2O5/c1-3-27(35)34-12-10-33(11-13-34)16-23-21-7-9-25(22(21)6-8-24(23)29(30,31)32)39-19-4-5-20-18(14-28(36)37-2)17-38-26(20)15-19/h4-6,8,15,18,25H,3,7,9-14,16-17H2,1-2H3/t18-,25-/m1/s1. The van der Waals surface area contributed by atoms with Crippen molar-refractivity contribution in [3.05, 3.63) is 58.1 Å². The number of nitrogens with zero attached hydrogens (tertiary/aromatic N) is 2. The van der Waals surface area contributed by atoms with E-state index >= 15 is 0 Å². The number of hydrogen-bond acceptors (Lipinski definition) is 6. The van der Waals surface area contributed by atoms with Crippen LogP contribution in [0.25, 0.3) is 0 Å². The molecule has 2 heterocycles. The molecule has 210 valence electrons. The topological polar surface area (TPSA) is 68.3 Å². The molecular weight excluding hydrogens is 513 g/mol. The van der Waals surface area contributed by atoms with Gasteiger partial charge in [0.1, 0.15) is 17.6 Å². The summed E-state index contributed by atoms with van der Waals surface area (Å²) >= 11 is 0. The SMILES string of the molecule is CCC(=O)N1CCN(Cc2c(C(F)(F)F)ccc3c2CC[C@H]3Oc2ccc3c(c2)OC[C@H]3CC(=O)OC)CC1. The Balaban J connectivity index is 1.34. The summed E-state index contributed by atoms with van der Waals surface area (Å²) in [6.07, 6.45) is -3.10. The van der Waals surface area contributed by atoms with E-state index < -0.39 is 11.7 Å². The van der Waals surface area contributed by atoms with Gasteiger partial charge in [0.05, 0.1) is 25.7 Å². The second kappa shape index (κ2) is 11.1. The van der Waals surface area contributed by atoms with E-state index in [2.05, 4.69) is 0 Å². The van der Waals surface area contributed by atoms with Crippen molar-refractivity contribution in [2.24, 2.45) is 0 Å². The zero-order valence-electron chi connectivity index (χ0n) is 22.2. The van der Waals surface area contributed by atoms with Crippen LogP contribution in [0.15, 0.2) is 30.3 Å². The molecule has 7 nitrogen and oxygen atoms in total. The summed E-state index contributed by atoms with van der Waals surface area (Å²) in [6, 6.07) is 8.20. The van der Waals surface area contributed by atoms with Crippen LogP contribution in [0.2, 0.25) is 0 Å². The van der Waals surface area contributed by atoms with E-state index in [1.165, 1.54) is 13.2 Å². The predicted molar refractivity (Wildman–Crippen MR) is 137 cm³/mol. The Labute approximate surface area is 225 Å². The molecule has 2 aromatic rings. The summed E-state index contributed by atoms with van der Waals surface area (Å²) in [7, 11) is 1.36. The number of benzene rings is 2. The highest BCUT2D eigenvalue weighted by molar-refractivity contribution is 5.75. The fourth-order valence-corrected chi connectivity index (χ4v) is 5.86. The lowest BCUT2D eigenvalue weighted by molar-refractivity contribution is -0.141. The molecule has 10 heteroatoms. The van der Waals surface area contributed by atoms with Gasteiger partial charge in [-0.15, -0.1) is 0 Å². The first-order chi connectivity index (χ1) is 18.7. The van der Waals surface area contributed by atoms with Crippen molar-refractivity contribution in [2.75, 3.05) is 39.9 Å². The molecule has 1 aliphatic carbocycles. The molecule has 3 aliphatic rings. The van der Waals surface area contributed by atoms with Gasteiger partial charge in [0.25, 0.3) is 0 Å². The van der Waals surface area contributed by atoms with E-state index in [9.17, 15) is 22.8 Å². The van der Waals surface area contributed by atoms with Gasteiger partial charge in [0.15, 0.2) is 0 Å². The highest BCUT2D eigenvalue weighted by Gasteiger charge is 2.38. The number of hydrogen-bond donors (Lipinski definition) is 0. The van der Waals surface area contributed by atoms with Crippen LogP contribution in [0.1, 0.15) is 66.0 Å². The van der Waals surface area contributed by atoms with Gasteiger partial charge in [-0.1, -0.05) is 19.1 Å². The summed E-state index contributed by atoms with van der Waals surface area (Å²) in [6.45, 7) is 4.51. The Morgan fingerprint density at radius 2 is 1.82 bits per heavy atom. The van der Waals surface area contributed by atoms with Crippen molar-refractivity contribution >= 4 is 11.9 Å². The maximum atomic E-state index is 14.0. The van der Waals surface area contributed by atoms with Crippen LogP contribution in [0, 0.1) is 0 Å². The first kappa shape index (κ1) is 27.3. The average molecular weight is 547 g/mol. The number of fused-ring (bicyclic) bond motifs is 2. The molecular formula is C29H33F3N2O5. The largest absolute Gasteiger partial charge is 0.492 e. The molecule has 2 aliphatic heterocycles. The molecule has 0 saturated carbocycles. The van der Waals surface area contributed by atoms with Gasteiger partial charge in [-0.3, -0.25) is 14.5 Å². The van der Waals surface area contributed by atoms with E-state index in [1.54, 1.807) is 17.0 Å². The third-order valence-corrected chi connectivity index (χ3v) is 7.97. The molecule has 2 atom stereocenters. The summed E-state index contributed by atoms with van der Waals surface area (Å²) in [4.78, 5) is 27.5. The number of alkyl halides is 3. The molecule has 1 saturated heterocycles. The molecule has 2 aromatic carbocycles. The van der Waals surface area contributed by atoms with Crippen LogP contribution in [0.3, 0.4) is 0 Å². The number of carbonyl (C=O) groups is 2. The molecule has 0 N–H and O–H groups in total. The van der Waals surface area contributed by atoms with Gasteiger partial charge in [0, 0.05) is 56.7 Å². The number of ether oxygens (including phenoxy) is 3. The van der Waals surface area contributed by atoms with Gasteiger partial charge in [0.2, 0.25) is 5.91 Å². The minimum atomic E-state index is -4.46. The first-order valence-corrected chi connectivity index (χ1v) is 13.4. The molecule has 1 amide bonds. The monoisotopic (exact) mass is 546 g/mol. The second-order valence-corrected chi connectivity index (χ2v) is 10.3. The number of piperazine rings is 1. The van der Waals surface area contributed by atoms with Gasteiger partial charge >= 0.3 is 12.1 Å². The number of amides is 1.